The van der Waals surface area contributed by atoms with E-state index >= 15 is 0 Å². The number of alkyl halides is 3. The van der Waals surface area contributed by atoms with E-state index in [0.717, 1.165) is 24.3 Å². The van der Waals surface area contributed by atoms with Crippen LogP contribution >= 0.6 is 0 Å². The first-order valence-corrected chi connectivity index (χ1v) is 6.05. The minimum absolute atomic E-state index is 0.106. The maximum atomic E-state index is 12.0. The van der Waals surface area contributed by atoms with E-state index in [0.29, 0.717) is 0 Å². The Hall–Kier alpha value is -1.23. The largest absolute Gasteiger partial charge is 0.573 e. The fourth-order valence-corrected chi connectivity index (χ4v) is 1.91. The van der Waals surface area contributed by atoms with E-state index in [1.807, 2.05) is 0 Å². The molecule has 0 aliphatic heterocycles. The number of hydrogen-bond donors (Lipinski definition) is 1. The average molecular weight is 259 g/mol. The van der Waals surface area contributed by atoms with Crippen LogP contribution in [0.3, 0.4) is 0 Å². The normalized spacial score (nSPS) is 17.6. The van der Waals surface area contributed by atoms with Crippen LogP contribution in [0.4, 0.5) is 13.2 Å². The highest BCUT2D eigenvalue weighted by molar-refractivity contribution is 5.29. The van der Waals surface area contributed by atoms with Crippen LogP contribution in [0.2, 0.25) is 0 Å². The van der Waals surface area contributed by atoms with Crippen LogP contribution in [0.1, 0.15) is 37.3 Å². The first kappa shape index (κ1) is 13.2. The van der Waals surface area contributed by atoms with Gasteiger partial charge >= 0.3 is 6.36 Å². The van der Waals surface area contributed by atoms with E-state index in [9.17, 15) is 13.2 Å². The summed E-state index contributed by atoms with van der Waals surface area (Å²) in [4.78, 5) is 0. The second-order valence-corrected chi connectivity index (χ2v) is 4.74. The molecule has 1 aromatic carbocycles. The van der Waals surface area contributed by atoms with Crippen LogP contribution in [0.5, 0.6) is 5.75 Å². The van der Waals surface area contributed by atoms with Gasteiger partial charge in [-0.1, -0.05) is 25.0 Å². The number of hydrogen-bond acceptors (Lipinski definition) is 2. The van der Waals surface area contributed by atoms with Crippen LogP contribution in [0, 0.1) is 5.92 Å². The second-order valence-electron chi connectivity index (χ2n) is 4.74. The highest BCUT2D eigenvalue weighted by Gasteiger charge is 2.31. The second kappa shape index (κ2) is 5.18. The maximum absolute atomic E-state index is 12.0. The summed E-state index contributed by atoms with van der Waals surface area (Å²) in [5, 5.41) is 0. The average Bonchev–Trinajstić information content (AvgIpc) is 3.08. The predicted octanol–water partition coefficient (Wildman–Crippen LogP) is 3.78. The van der Waals surface area contributed by atoms with Crippen molar-refractivity contribution in [3.63, 3.8) is 0 Å². The summed E-state index contributed by atoms with van der Waals surface area (Å²) in [7, 11) is 0. The topological polar surface area (TPSA) is 35.2 Å². The number of rotatable bonds is 5. The van der Waals surface area contributed by atoms with Crippen LogP contribution in [0.25, 0.3) is 0 Å². The molecule has 1 unspecified atom stereocenters. The monoisotopic (exact) mass is 259 g/mol. The molecule has 1 atom stereocenters. The van der Waals surface area contributed by atoms with E-state index < -0.39 is 6.36 Å². The minimum atomic E-state index is -4.64. The van der Waals surface area contributed by atoms with Crippen molar-refractivity contribution in [1.29, 1.82) is 0 Å². The summed E-state index contributed by atoms with van der Waals surface area (Å²) in [6.07, 6.45) is -0.0993. The third-order valence-electron chi connectivity index (χ3n) is 3.12. The first-order chi connectivity index (χ1) is 8.44. The molecule has 0 spiro atoms. The lowest BCUT2D eigenvalue weighted by Gasteiger charge is -2.13. The fourth-order valence-electron chi connectivity index (χ4n) is 1.91. The molecular formula is C13H16F3NO. The molecule has 0 aromatic heterocycles. The lowest BCUT2D eigenvalue weighted by Crippen LogP contribution is -2.17. The summed E-state index contributed by atoms with van der Waals surface area (Å²) >= 11 is 0. The van der Waals surface area contributed by atoms with Gasteiger partial charge in [0.15, 0.2) is 0 Å². The van der Waals surface area contributed by atoms with E-state index in [1.165, 1.54) is 25.0 Å². The summed E-state index contributed by atoms with van der Waals surface area (Å²) < 4.78 is 39.7. The fraction of sp³-hybridized carbons (Fsp3) is 0.538. The minimum Gasteiger partial charge on any atom is -0.406 e. The van der Waals surface area contributed by atoms with Crippen molar-refractivity contribution in [3.8, 4) is 5.75 Å². The molecule has 100 valence electrons. The zero-order chi connectivity index (χ0) is 13.2. The first-order valence-electron chi connectivity index (χ1n) is 6.05. The molecule has 1 aromatic rings. The zero-order valence-electron chi connectivity index (χ0n) is 9.91. The molecule has 0 amide bonds. The molecule has 1 aliphatic rings. The van der Waals surface area contributed by atoms with Crippen molar-refractivity contribution in [1.82, 2.24) is 0 Å². The smallest absolute Gasteiger partial charge is 0.406 e. The third kappa shape index (κ3) is 4.22. The number of halogens is 3. The molecule has 2 rings (SSSR count). The van der Waals surface area contributed by atoms with Crippen LogP contribution < -0.4 is 10.5 Å². The van der Waals surface area contributed by atoms with Crippen molar-refractivity contribution in [3.05, 3.63) is 29.8 Å². The number of nitrogens with two attached hydrogens (primary N) is 1. The lowest BCUT2D eigenvalue weighted by atomic mass is 10.0. The maximum Gasteiger partial charge on any atom is 0.573 e. The predicted molar refractivity (Wildman–Crippen MR) is 62.0 cm³/mol. The van der Waals surface area contributed by atoms with E-state index in [2.05, 4.69) is 4.74 Å². The van der Waals surface area contributed by atoms with Gasteiger partial charge < -0.3 is 10.5 Å². The van der Waals surface area contributed by atoms with Crippen molar-refractivity contribution in [2.24, 2.45) is 11.7 Å². The van der Waals surface area contributed by atoms with Gasteiger partial charge in [-0.15, -0.1) is 13.2 Å². The van der Waals surface area contributed by atoms with Gasteiger partial charge in [-0.3, -0.25) is 0 Å². The SMILES string of the molecule is NC(CCC1CC1)c1ccc(OC(F)(F)F)cc1. The molecule has 0 bridgehead atoms. The van der Waals surface area contributed by atoms with E-state index in [-0.39, 0.29) is 11.8 Å². The Morgan fingerprint density at radius 1 is 1.22 bits per heavy atom. The van der Waals surface area contributed by atoms with Crippen molar-refractivity contribution < 1.29 is 17.9 Å². The van der Waals surface area contributed by atoms with Crippen LogP contribution in [0.15, 0.2) is 24.3 Å². The van der Waals surface area contributed by atoms with Gasteiger partial charge in [-0.25, -0.2) is 0 Å². The highest BCUT2D eigenvalue weighted by atomic mass is 19.4. The molecule has 1 aliphatic carbocycles. The van der Waals surface area contributed by atoms with E-state index in [4.69, 9.17) is 5.73 Å². The standard InChI is InChI=1S/C13H16F3NO/c14-13(15,16)18-11-6-4-10(5-7-11)12(17)8-3-9-1-2-9/h4-7,9,12H,1-3,8,17H2. The molecule has 0 saturated heterocycles. The molecule has 5 heteroatoms. The molecular weight excluding hydrogens is 243 g/mol. The summed E-state index contributed by atoms with van der Waals surface area (Å²) in [5.41, 5.74) is 6.84. The summed E-state index contributed by atoms with van der Waals surface area (Å²) in [6.45, 7) is 0. The molecule has 0 heterocycles. The van der Waals surface area contributed by atoms with Gasteiger partial charge in [-0.2, -0.15) is 0 Å². The number of ether oxygens (including phenoxy) is 1. The summed E-state index contributed by atoms with van der Waals surface area (Å²) in [5.74, 6) is 0.601. The van der Waals surface area contributed by atoms with Crippen LogP contribution in [-0.4, -0.2) is 6.36 Å². The Kier molecular flexibility index (Phi) is 3.80. The molecule has 2 nitrogen and oxygen atoms in total. The Morgan fingerprint density at radius 2 is 1.83 bits per heavy atom. The van der Waals surface area contributed by atoms with Crippen LogP contribution in [-0.2, 0) is 0 Å². The Morgan fingerprint density at radius 3 is 2.33 bits per heavy atom. The van der Waals surface area contributed by atoms with Crippen molar-refractivity contribution in [2.75, 3.05) is 0 Å². The Labute approximate surface area is 104 Å². The third-order valence-corrected chi connectivity index (χ3v) is 3.12. The van der Waals surface area contributed by atoms with Gasteiger partial charge in [0.1, 0.15) is 5.75 Å². The van der Waals surface area contributed by atoms with Gasteiger partial charge in [0, 0.05) is 6.04 Å². The zero-order valence-corrected chi connectivity index (χ0v) is 9.91. The quantitative estimate of drug-likeness (QED) is 0.873. The lowest BCUT2D eigenvalue weighted by molar-refractivity contribution is -0.274. The highest BCUT2D eigenvalue weighted by Crippen LogP contribution is 2.35. The summed E-state index contributed by atoms with van der Waals surface area (Å²) in [6, 6.07) is 5.70. The van der Waals surface area contributed by atoms with Gasteiger partial charge in [0.25, 0.3) is 0 Å². The molecule has 1 fully saturated rings. The Bertz CT molecular complexity index is 384. The van der Waals surface area contributed by atoms with Crippen molar-refractivity contribution in [2.45, 2.75) is 38.1 Å². The molecule has 18 heavy (non-hydrogen) atoms. The number of benzene rings is 1. The van der Waals surface area contributed by atoms with Gasteiger partial charge in [0.2, 0.25) is 0 Å². The van der Waals surface area contributed by atoms with Crippen molar-refractivity contribution >= 4 is 0 Å². The molecule has 0 radical (unpaired) electrons. The van der Waals surface area contributed by atoms with Gasteiger partial charge in [0.05, 0.1) is 0 Å². The van der Waals surface area contributed by atoms with Gasteiger partial charge in [-0.05, 0) is 36.5 Å². The Balaban J connectivity index is 1.89. The molecule has 1 saturated carbocycles. The van der Waals surface area contributed by atoms with E-state index in [1.54, 1.807) is 12.1 Å². The molecule has 2 N–H and O–H groups in total.